The van der Waals surface area contributed by atoms with Crippen LogP contribution in [-0.4, -0.2) is 36.3 Å². The number of nitrogens with zero attached hydrogens (tertiary/aromatic N) is 2. The smallest absolute Gasteiger partial charge is 0.358 e. The maximum Gasteiger partial charge on any atom is 0.358 e. The third-order valence-electron chi connectivity index (χ3n) is 3.30. The molecule has 6 heteroatoms. The maximum absolute atomic E-state index is 12.0. The van der Waals surface area contributed by atoms with Crippen LogP contribution in [0.4, 0.5) is 0 Å². The molecule has 0 radical (unpaired) electrons. The molecule has 3 aromatic rings. The van der Waals surface area contributed by atoms with Gasteiger partial charge in [-0.15, -0.1) is 0 Å². The molecule has 0 bridgehead atoms. The van der Waals surface area contributed by atoms with E-state index < -0.39 is 5.97 Å². The van der Waals surface area contributed by atoms with Gasteiger partial charge in [-0.2, -0.15) is 0 Å². The number of esters is 1. The zero-order valence-electron chi connectivity index (χ0n) is 13.1. The molecule has 3 rings (SSSR count). The van der Waals surface area contributed by atoms with Crippen LogP contribution in [-0.2, 0) is 4.74 Å². The fraction of sp³-hybridized carbons (Fsp3) is 0.167. The molecule has 122 valence electrons. The van der Waals surface area contributed by atoms with Gasteiger partial charge in [-0.1, -0.05) is 12.1 Å². The van der Waals surface area contributed by atoms with Crippen molar-refractivity contribution in [2.45, 2.75) is 0 Å². The van der Waals surface area contributed by atoms with E-state index in [-0.39, 0.29) is 18.9 Å². The Morgan fingerprint density at radius 2 is 1.67 bits per heavy atom. The monoisotopic (exact) mass is 324 g/mol. The van der Waals surface area contributed by atoms with Crippen LogP contribution in [0.5, 0.6) is 11.5 Å². The number of carbonyl (C=O) groups is 1. The maximum atomic E-state index is 12.0. The van der Waals surface area contributed by atoms with Crippen LogP contribution < -0.4 is 9.47 Å². The van der Waals surface area contributed by atoms with Gasteiger partial charge in [0, 0.05) is 0 Å². The van der Waals surface area contributed by atoms with Gasteiger partial charge in [0.1, 0.15) is 24.7 Å². The number of rotatable bonds is 6. The van der Waals surface area contributed by atoms with Gasteiger partial charge in [-0.05, 0) is 36.4 Å². The lowest BCUT2D eigenvalue weighted by molar-refractivity contribution is 0.0443. The molecule has 2 aromatic carbocycles. The van der Waals surface area contributed by atoms with Crippen LogP contribution >= 0.6 is 0 Å². The first-order valence-corrected chi connectivity index (χ1v) is 7.42. The Labute approximate surface area is 139 Å². The lowest BCUT2D eigenvalue weighted by atomic mass is 10.3. The molecule has 0 unspecified atom stereocenters. The Hall–Kier alpha value is -3.15. The molecule has 0 aliphatic carbocycles. The van der Waals surface area contributed by atoms with Crippen molar-refractivity contribution in [3.05, 3.63) is 60.4 Å². The van der Waals surface area contributed by atoms with Crippen LogP contribution in [0.1, 0.15) is 10.5 Å². The number of benzene rings is 2. The number of carbonyl (C=O) groups excluding carboxylic acids is 1. The average molecular weight is 324 g/mol. The number of aromatic nitrogens is 2. The van der Waals surface area contributed by atoms with Crippen molar-refractivity contribution in [1.29, 1.82) is 0 Å². The Morgan fingerprint density at radius 1 is 0.958 bits per heavy atom. The van der Waals surface area contributed by atoms with E-state index >= 15 is 0 Å². The topological polar surface area (TPSA) is 70.5 Å². The summed E-state index contributed by atoms with van der Waals surface area (Å²) in [6.07, 6.45) is 1.41. The highest BCUT2D eigenvalue weighted by Crippen LogP contribution is 2.16. The summed E-state index contributed by atoms with van der Waals surface area (Å²) in [5, 5.41) is 0. The lowest BCUT2D eigenvalue weighted by Gasteiger charge is -2.08. The van der Waals surface area contributed by atoms with Gasteiger partial charge >= 0.3 is 5.97 Å². The highest BCUT2D eigenvalue weighted by Gasteiger charge is 2.10. The molecular weight excluding hydrogens is 308 g/mol. The van der Waals surface area contributed by atoms with E-state index in [2.05, 4.69) is 9.97 Å². The number of hydrogen-bond acceptors (Lipinski definition) is 6. The van der Waals surface area contributed by atoms with E-state index in [1.165, 1.54) is 6.20 Å². The molecule has 0 fully saturated rings. The van der Waals surface area contributed by atoms with Gasteiger partial charge < -0.3 is 14.2 Å². The predicted octanol–water partition coefficient (Wildman–Crippen LogP) is 2.87. The fourth-order valence-electron chi connectivity index (χ4n) is 2.10. The second-order valence-corrected chi connectivity index (χ2v) is 4.90. The normalized spacial score (nSPS) is 10.4. The quantitative estimate of drug-likeness (QED) is 0.513. The van der Waals surface area contributed by atoms with Crippen molar-refractivity contribution in [1.82, 2.24) is 9.97 Å². The molecule has 0 saturated heterocycles. The van der Waals surface area contributed by atoms with Crippen LogP contribution in [0.15, 0.2) is 54.7 Å². The van der Waals surface area contributed by atoms with E-state index in [9.17, 15) is 4.79 Å². The number of hydrogen-bond donors (Lipinski definition) is 0. The Bertz CT molecular complexity index is 834. The van der Waals surface area contributed by atoms with Crippen molar-refractivity contribution in [2.24, 2.45) is 0 Å². The van der Waals surface area contributed by atoms with Gasteiger partial charge in [0.2, 0.25) is 0 Å². The predicted molar refractivity (Wildman–Crippen MR) is 88.3 cm³/mol. The molecule has 0 saturated carbocycles. The molecule has 1 heterocycles. The van der Waals surface area contributed by atoms with Gasteiger partial charge in [-0.3, -0.25) is 4.98 Å². The zero-order chi connectivity index (χ0) is 16.8. The first-order chi connectivity index (χ1) is 11.8. The van der Waals surface area contributed by atoms with Crippen molar-refractivity contribution in [3.8, 4) is 11.5 Å². The Morgan fingerprint density at radius 3 is 2.42 bits per heavy atom. The summed E-state index contributed by atoms with van der Waals surface area (Å²) in [5.74, 6) is 0.910. The van der Waals surface area contributed by atoms with E-state index in [1.54, 1.807) is 37.4 Å². The minimum atomic E-state index is -0.522. The Kier molecular flexibility index (Phi) is 4.86. The van der Waals surface area contributed by atoms with Gasteiger partial charge in [0.05, 0.1) is 24.3 Å². The highest BCUT2D eigenvalue weighted by molar-refractivity contribution is 5.89. The first kappa shape index (κ1) is 15.7. The summed E-state index contributed by atoms with van der Waals surface area (Å²) in [6.45, 7) is 0.373. The third-order valence-corrected chi connectivity index (χ3v) is 3.30. The minimum absolute atomic E-state index is 0.124. The van der Waals surface area contributed by atoms with E-state index in [0.717, 1.165) is 11.3 Å². The Balaban J connectivity index is 1.51. The molecule has 0 atom stereocenters. The summed E-state index contributed by atoms with van der Waals surface area (Å²) in [5.41, 5.74) is 1.57. The molecule has 24 heavy (non-hydrogen) atoms. The lowest BCUT2D eigenvalue weighted by Crippen LogP contribution is -2.13. The summed E-state index contributed by atoms with van der Waals surface area (Å²) < 4.78 is 15.7. The first-order valence-electron chi connectivity index (χ1n) is 7.42. The summed E-state index contributed by atoms with van der Waals surface area (Å²) >= 11 is 0. The third kappa shape index (κ3) is 3.78. The van der Waals surface area contributed by atoms with Gasteiger partial charge in [-0.25, -0.2) is 9.78 Å². The largest absolute Gasteiger partial charge is 0.497 e. The molecule has 1 aromatic heterocycles. The van der Waals surface area contributed by atoms with E-state index in [1.807, 2.05) is 18.2 Å². The second-order valence-electron chi connectivity index (χ2n) is 4.90. The molecular formula is C18H16N2O4. The number of fused-ring (bicyclic) bond motifs is 1. The van der Waals surface area contributed by atoms with Crippen molar-refractivity contribution in [3.63, 3.8) is 0 Å². The summed E-state index contributed by atoms with van der Waals surface area (Å²) in [7, 11) is 1.60. The van der Waals surface area contributed by atoms with E-state index in [0.29, 0.717) is 11.3 Å². The number of methoxy groups -OCH3 is 1. The zero-order valence-corrected chi connectivity index (χ0v) is 13.1. The molecule has 0 spiro atoms. The van der Waals surface area contributed by atoms with Crippen LogP contribution in [0.2, 0.25) is 0 Å². The molecule has 0 aliphatic heterocycles. The summed E-state index contributed by atoms with van der Waals surface area (Å²) in [4.78, 5) is 20.4. The van der Waals surface area contributed by atoms with E-state index in [4.69, 9.17) is 14.2 Å². The minimum Gasteiger partial charge on any atom is -0.497 e. The number of ether oxygens (including phenoxy) is 3. The van der Waals surface area contributed by atoms with Crippen molar-refractivity contribution in [2.75, 3.05) is 20.3 Å². The fourth-order valence-corrected chi connectivity index (χ4v) is 2.10. The molecule has 0 amide bonds. The molecule has 6 nitrogen and oxygen atoms in total. The second kappa shape index (κ2) is 7.41. The van der Waals surface area contributed by atoms with Gasteiger partial charge in [0.15, 0.2) is 5.69 Å². The standard InChI is InChI=1S/C18H16N2O4/c1-22-13-6-8-14(9-7-13)23-10-11-24-18(21)17-12-19-15-4-2-3-5-16(15)20-17/h2-9,12H,10-11H2,1H3. The summed E-state index contributed by atoms with van der Waals surface area (Å²) in [6, 6.07) is 14.5. The molecule has 0 N–H and O–H groups in total. The molecule has 0 aliphatic rings. The SMILES string of the molecule is COc1ccc(OCCOC(=O)c2cnc3ccccc3n2)cc1. The van der Waals surface area contributed by atoms with Crippen LogP contribution in [0, 0.1) is 0 Å². The average Bonchev–Trinajstić information content (AvgIpc) is 2.65. The number of para-hydroxylation sites is 2. The highest BCUT2D eigenvalue weighted by atomic mass is 16.6. The van der Waals surface area contributed by atoms with Crippen molar-refractivity contribution < 1.29 is 19.0 Å². The van der Waals surface area contributed by atoms with Crippen LogP contribution in [0.25, 0.3) is 11.0 Å². The van der Waals surface area contributed by atoms with Gasteiger partial charge in [0.25, 0.3) is 0 Å². The van der Waals surface area contributed by atoms with Crippen molar-refractivity contribution >= 4 is 17.0 Å². The van der Waals surface area contributed by atoms with Crippen LogP contribution in [0.3, 0.4) is 0 Å².